The molecule has 2 nitrogen and oxygen atoms in total. The molecule has 0 bridgehead atoms. The molecule has 1 aliphatic rings. The fourth-order valence-corrected chi connectivity index (χ4v) is 10.0. The van der Waals surface area contributed by atoms with Gasteiger partial charge in [0.1, 0.15) is 11.2 Å². The molecule has 0 saturated heterocycles. The van der Waals surface area contributed by atoms with Crippen molar-refractivity contribution in [2.24, 2.45) is 0 Å². The maximum absolute atomic E-state index is 7.01. The van der Waals surface area contributed by atoms with Crippen LogP contribution in [0.1, 0.15) is 22.3 Å². The lowest BCUT2D eigenvalue weighted by molar-refractivity contribution is 0.673. The molecule has 0 fully saturated rings. The molecule has 2 heteroatoms. The number of hydrogen-bond acceptors (Lipinski definition) is 2. The predicted molar refractivity (Wildman–Crippen MR) is 254 cm³/mol. The monoisotopic (exact) mass is 777 g/mol. The van der Waals surface area contributed by atoms with Crippen molar-refractivity contribution in [1.82, 2.24) is 0 Å². The summed E-state index contributed by atoms with van der Waals surface area (Å²) in [5.74, 6) is 0. The lowest BCUT2D eigenvalue weighted by atomic mass is 9.67. The summed E-state index contributed by atoms with van der Waals surface area (Å²) >= 11 is 0. The standard InChI is InChI=1S/C59H39NO/c1-5-17-40(18-6-1)42-29-32-47(33-30-42)60(55-37-44(41-19-7-2-8-20-41)38-56-57(55)52-35-31-43-21-13-14-26-49(43)58(52)61-56)48-34-36-51-50-27-15-16-28-53(50)59(54(51)39-48,45-22-9-3-10-23-45)46-24-11-4-12-25-46/h1-39H. The van der Waals surface area contributed by atoms with Gasteiger partial charge in [-0.2, -0.15) is 0 Å². The van der Waals surface area contributed by atoms with Crippen molar-refractivity contribution in [2.45, 2.75) is 5.41 Å². The SMILES string of the molecule is c1ccc(-c2ccc(N(c3ccc4c(c3)C(c3ccccc3)(c3ccccc3)c3ccccc3-4)c3cc(-c4ccccc4)cc4oc5c6ccccc6ccc5c34)cc2)cc1. The van der Waals surface area contributed by atoms with Crippen LogP contribution >= 0.6 is 0 Å². The van der Waals surface area contributed by atoms with Gasteiger partial charge in [-0.1, -0.05) is 194 Å². The Kier molecular flexibility index (Phi) is 8.11. The van der Waals surface area contributed by atoms with Crippen molar-refractivity contribution >= 4 is 49.8 Å². The molecule has 0 saturated carbocycles. The van der Waals surface area contributed by atoms with Gasteiger partial charge in [0.25, 0.3) is 0 Å². The second kappa shape index (κ2) is 14.1. The van der Waals surface area contributed by atoms with Gasteiger partial charge in [-0.05, 0) is 103 Å². The molecular formula is C59H39NO. The smallest absolute Gasteiger partial charge is 0.143 e. The van der Waals surface area contributed by atoms with Crippen LogP contribution in [0.25, 0.3) is 66.1 Å². The Morgan fingerprint density at radius 3 is 1.62 bits per heavy atom. The van der Waals surface area contributed by atoms with E-state index >= 15 is 0 Å². The lowest BCUT2D eigenvalue weighted by Crippen LogP contribution is -2.28. The van der Waals surface area contributed by atoms with E-state index in [2.05, 4.69) is 241 Å². The summed E-state index contributed by atoms with van der Waals surface area (Å²) in [6.45, 7) is 0. The van der Waals surface area contributed by atoms with Gasteiger partial charge in [0.15, 0.2) is 0 Å². The van der Waals surface area contributed by atoms with Crippen LogP contribution in [0, 0.1) is 0 Å². The minimum atomic E-state index is -0.546. The van der Waals surface area contributed by atoms with Gasteiger partial charge >= 0.3 is 0 Å². The largest absolute Gasteiger partial charge is 0.455 e. The van der Waals surface area contributed by atoms with Gasteiger partial charge in [-0.25, -0.2) is 0 Å². The van der Waals surface area contributed by atoms with Crippen LogP contribution in [-0.2, 0) is 5.41 Å². The van der Waals surface area contributed by atoms with Gasteiger partial charge in [0.2, 0.25) is 0 Å². The summed E-state index contributed by atoms with van der Waals surface area (Å²) in [6.07, 6.45) is 0. The van der Waals surface area contributed by atoms with Crippen LogP contribution in [-0.4, -0.2) is 0 Å². The third kappa shape index (κ3) is 5.50. The molecule has 286 valence electrons. The van der Waals surface area contributed by atoms with Crippen LogP contribution < -0.4 is 4.90 Å². The third-order valence-electron chi connectivity index (χ3n) is 12.7. The summed E-state index contributed by atoms with van der Waals surface area (Å²) in [7, 11) is 0. The Balaban J connectivity index is 1.18. The average Bonchev–Trinajstić information content (AvgIpc) is 3.87. The minimum Gasteiger partial charge on any atom is -0.455 e. The van der Waals surface area contributed by atoms with E-state index in [9.17, 15) is 0 Å². The highest BCUT2D eigenvalue weighted by Crippen LogP contribution is 2.57. The fourth-order valence-electron chi connectivity index (χ4n) is 10.0. The van der Waals surface area contributed by atoms with E-state index in [0.717, 1.165) is 60.9 Å². The van der Waals surface area contributed by atoms with E-state index < -0.39 is 5.41 Å². The quantitative estimate of drug-likeness (QED) is 0.160. The summed E-state index contributed by atoms with van der Waals surface area (Å²) in [6, 6.07) is 86.0. The Hall–Kier alpha value is -7.94. The molecule has 1 heterocycles. The van der Waals surface area contributed by atoms with E-state index in [0.29, 0.717) is 0 Å². The molecule has 12 rings (SSSR count). The van der Waals surface area contributed by atoms with Crippen molar-refractivity contribution in [1.29, 1.82) is 0 Å². The van der Waals surface area contributed by atoms with E-state index in [1.165, 1.54) is 44.5 Å². The minimum absolute atomic E-state index is 0.546. The Labute approximate surface area is 355 Å². The predicted octanol–water partition coefficient (Wildman–Crippen LogP) is 15.9. The van der Waals surface area contributed by atoms with E-state index in [1.807, 2.05) is 0 Å². The van der Waals surface area contributed by atoms with Crippen molar-refractivity contribution in [3.63, 3.8) is 0 Å². The number of nitrogens with zero attached hydrogens (tertiary/aromatic N) is 1. The van der Waals surface area contributed by atoms with Crippen LogP contribution in [0.2, 0.25) is 0 Å². The third-order valence-corrected chi connectivity index (χ3v) is 12.7. The van der Waals surface area contributed by atoms with Crippen molar-refractivity contribution in [3.05, 3.63) is 259 Å². The van der Waals surface area contributed by atoms with E-state index in [1.54, 1.807) is 0 Å². The van der Waals surface area contributed by atoms with Crippen molar-refractivity contribution in [2.75, 3.05) is 4.90 Å². The fraction of sp³-hybridized carbons (Fsp3) is 0.0169. The first-order chi connectivity index (χ1) is 30.3. The van der Waals surface area contributed by atoms with Crippen LogP contribution in [0.3, 0.4) is 0 Å². The summed E-state index contributed by atoms with van der Waals surface area (Å²) in [5, 5.41) is 4.43. The van der Waals surface area contributed by atoms with Gasteiger partial charge in [0, 0.05) is 22.1 Å². The molecule has 10 aromatic carbocycles. The second-order valence-electron chi connectivity index (χ2n) is 16.0. The number of fused-ring (bicyclic) bond motifs is 8. The van der Waals surface area contributed by atoms with Crippen LogP contribution in [0.5, 0.6) is 0 Å². The normalized spacial score (nSPS) is 12.7. The number of hydrogen-bond donors (Lipinski definition) is 0. The first-order valence-corrected chi connectivity index (χ1v) is 21.0. The van der Waals surface area contributed by atoms with E-state index in [-0.39, 0.29) is 0 Å². The first kappa shape index (κ1) is 35.0. The highest BCUT2D eigenvalue weighted by atomic mass is 16.3. The van der Waals surface area contributed by atoms with Gasteiger partial charge in [0.05, 0.1) is 16.5 Å². The van der Waals surface area contributed by atoms with Crippen molar-refractivity contribution in [3.8, 4) is 33.4 Å². The average molecular weight is 778 g/mol. The zero-order valence-corrected chi connectivity index (χ0v) is 33.4. The second-order valence-corrected chi connectivity index (χ2v) is 16.0. The van der Waals surface area contributed by atoms with Crippen LogP contribution in [0.15, 0.2) is 241 Å². The lowest BCUT2D eigenvalue weighted by Gasteiger charge is -2.35. The molecule has 0 N–H and O–H groups in total. The molecule has 0 unspecified atom stereocenters. The summed E-state index contributed by atoms with van der Waals surface area (Å²) in [5.41, 5.74) is 16.5. The molecule has 0 amide bonds. The summed E-state index contributed by atoms with van der Waals surface area (Å²) in [4.78, 5) is 2.46. The highest BCUT2D eigenvalue weighted by molar-refractivity contribution is 6.20. The Bertz CT molecular complexity index is 3350. The van der Waals surface area contributed by atoms with Crippen molar-refractivity contribution < 1.29 is 4.42 Å². The Morgan fingerprint density at radius 2 is 0.918 bits per heavy atom. The van der Waals surface area contributed by atoms with Gasteiger partial charge in [-0.3, -0.25) is 0 Å². The summed E-state index contributed by atoms with van der Waals surface area (Å²) < 4.78 is 7.01. The molecule has 0 radical (unpaired) electrons. The highest BCUT2D eigenvalue weighted by Gasteiger charge is 2.46. The zero-order valence-electron chi connectivity index (χ0n) is 33.4. The molecule has 0 atom stereocenters. The van der Waals surface area contributed by atoms with Gasteiger partial charge in [-0.15, -0.1) is 0 Å². The molecule has 61 heavy (non-hydrogen) atoms. The molecular weight excluding hydrogens is 739 g/mol. The van der Waals surface area contributed by atoms with Crippen LogP contribution in [0.4, 0.5) is 17.1 Å². The molecule has 1 aliphatic carbocycles. The number of rotatable bonds is 7. The Morgan fingerprint density at radius 1 is 0.361 bits per heavy atom. The maximum atomic E-state index is 7.01. The molecule has 0 aliphatic heterocycles. The maximum Gasteiger partial charge on any atom is 0.143 e. The number of benzene rings is 10. The number of anilines is 3. The molecule has 11 aromatic rings. The molecule has 1 aromatic heterocycles. The molecule has 0 spiro atoms. The first-order valence-electron chi connectivity index (χ1n) is 21.0. The number of furan rings is 1. The zero-order chi connectivity index (χ0) is 40.3. The topological polar surface area (TPSA) is 16.4 Å². The van der Waals surface area contributed by atoms with E-state index in [4.69, 9.17) is 4.42 Å². The van der Waals surface area contributed by atoms with Gasteiger partial charge < -0.3 is 9.32 Å².